The van der Waals surface area contributed by atoms with Gasteiger partial charge in [0.2, 0.25) is 0 Å². The molecule has 82 valence electrons. The lowest BCUT2D eigenvalue weighted by Crippen LogP contribution is -2.51. The Morgan fingerprint density at radius 3 is 2.80 bits per heavy atom. The van der Waals surface area contributed by atoms with E-state index >= 15 is 0 Å². The minimum absolute atomic E-state index is 0.108. The summed E-state index contributed by atoms with van der Waals surface area (Å²) in [7, 11) is 0. The summed E-state index contributed by atoms with van der Waals surface area (Å²) in [4.78, 5) is 0. The van der Waals surface area contributed by atoms with Gasteiger partial charge in [0.25, 0.3) is 0 Å². The van der Waals surface area contributed by atoms with E-state index in [1.54, 1.807) is 6.07 Å². The van der Waals surface area contributed by atoms with Crippen molar-refractivity contribution in [2.24, 2.45) is 5.92 Å². The minimum atomic E-state index is -0.274. The van der Waals surface area contributed by atoms with Gasteiger partial charge in [0.05, 0.1) is 6.61 Å². The third-order valence-electron chi connectivity index (χ3n) is 2.70. The summed E-state index contributed by atoms with van der Waals surface area (Å²) in [5, 5.41) is 0. The predicted molar refractivity (Wildman–Crippen MR) is 55.9 cm³/mol. The number of benzene rings is 1. The molecule has 1 aliphatic rings. The van der Waals surface area contributed by atoms with Gasteiger partial charge in [-0.05, 0) is 43.9 Å². The molecule has 0 aromatic heterocycles. The lowest BCUT2D eigenvalue weighted by Gasteiger charge is -2.08. The molecule has 1 aromatic carbocycles. The molecule has 2 nitrogen and oxygen atoms in total. The molecule has 0 aliphatic heterocycles. The highest BCUT2D eigenvalue weighted by Gasteiger charge is 2.22. The molecule has 3 heteroatoms. The Hall–Kier alpha value is -1.09. The van der Waals surface area contributed by atoms with E-state index < -0.39 is 0 Å². The van der Waals surface area contributed by atoms with Gasteiger partial charge in [-0.15, -0.1) is 0 Å². The second-order valence-electron chi connectivity index (χ2n) is 4.35. The van der Waals surface area contributed by atoms with E-state index in [2.05, 4.69) is 5.73 Å². The first kappa shape index (κ1) is 10.4. The quantitative estimate of drug-likeness (QED) is 0.809. The van der Waals surface area contributed by atoms with Crippen molar-refractivity contribution in [1.29, 1.82) is 0 Å². The zero-order valence-corrected chi connectivity index (χ0v) is 9.00. The topological polar surface area (TPSA) is 36.9 Å². The second-order valence-corrected chi connectivity index (χ2v) is 4.35. The number of hydrogen-bond donors (Lipinski definition) is 1. The second kappa shape index (κ2) is 4.19. The Bertz CT molecular complexity index is 347. The Morgan fingerprint density at radius 1 is 1.53 bits per heavy atom. The third kappa shape index (κ3) is 2.69. The molecule has 2 rings (SSSR count). The van der Waals surface area contributed by atoms with E-state index in [1.807, 2.05) is 13.0 Å². The molecule has 0 bridgehead atoms. The van der Waals surface area contributed by atoms with Crippen molar-refractivity contribution in [3.63, 3.8) is 0 Å². The smallest absolute Gasteiger partial charge is 0.165 e. The standard InChI is InChI=1S/C12H16FNO/c1-8(14)10-4-5-12(11(13)6-10)15-7-9-2-3-9/h4-6,8-9H,2-3,7,14H2,1H3/p+1/t8-/m0/s1. The number of halogens is 1. The van der Waals surface area contributed by atoms with Crippen molar-refractivity contribution in [1.82, 2.24) is 0 Å². The summed E-state index contributed by atoms with van der Waals surface area (Å²) < 4.78 is 18.9. The summed E-state index contributed by atoms with van der Waals surface area (Å²) in [6.07, 6.45) is 2.44. The van der Waals surface area contributed by atoms with Crippen molar-refractivity contribution >= 4 is 0 Å². The van der Waals surface area contributed by atoms with Crippen LogP contribution in [0.4, 0.5) is 4.39 Å². The molecule has 3 N–H and O–H groups in total. The first-order valence-electron chi connectivity index (χ1n) is 5.42. The van der Waals surface area contributed by atoms with Crippen LogP contribution in [0.5, 0.6) is 5.75 Å². The average molecular weight is 210 g/mol. The molecule has 0 amide bonds. The summed E-state index contributed by atoms with van der Waals surface area (Å²) >= 11 is 0. The van der Waals surface area contributed by atoms with Crippen LogP contribution in [0.25, 0.3) is 0 Å². The molecule has 0 saturated heterocycles. The van der Waals surface area contributed by atoms with Crippen LogP contribution >= 0.6 is 0 Å². The van der Waals surface area contributed by atoms with E-state index in [0.29, 0.717) is 18.3 Å². The Labute approximate surface area is 89.2 Å². The van der Waals surface area contributed by atoms with Crippen molar-refractivity contribution in [2.75, 3.05) is 6.61 Å². The normalized spacial score (nSPS) is 17.5. The van der Waals surface area contributed by atoms with Crippen molar-refractivity contribution in [3.05, 3.63) is 29.6 Å². The van der Waals surface area contributed by atoms with E-state index in [1.165, 1.54) is 18.9 Å². The fraction of sp³-hybridized carbons (Fsp3) is 0.500. The molecular formula is C12H17FNO+. The van der Waals surface area contributed by atoms with Gasteiger partial charge in [0.1, 0.15) is 6.04 Å². The van der Waals surface area contributed by atoms with Crippen molar-refractivity contribution in [3.8, 4) is 5.75 Å². The highest BCUT2D eigenvalue weighted by Crippen LogP contribution is 2.30. The molecular weight excluding hydrogens is 193 g/mol. The lowest BCUT2D eigenvalue weighted by atomic mass is 10.1. The lowest BCUT2D eigenvalue weighted by molar-refractivity contribution is -0.420. The largest absolute Gasteiger partial charge is 0.490 e. The third-order valence-corrected chi connectivity index (χ3v) is 2.70. The molecule has 0 radical (unpaired) electrons. The molecule has 1 saturated carbocycles. The van der Waals surface area contributed by atoms with E-state index in [0.717, 1.165) is 5.56 Å². The molecule has 0 spiro atoms. The van der Waals surface area contributed by atoms with Crippen LogP contribution in [-0.4, -0.2) is 6.61 Å². The summed E-state index contributed by atoms with van der Waals surface area (Å²) in [5.74, 6) is 0.741. The monoisotopic (exact) mass is 210 g/mol. The van der Waals surface area contributed by atoms with Gasteiger partial charge < -0.3 is 10.5 Å². The van der Waals surface area contributed by atoms with Gasteiger partial charge in [-0.2, -0.15) is 0 Å². The number of ether oxygens (including phenoxy) is 1. The van der Waals surface area contributed by atoms with Crippen LogP contribution in [0.2, 0.25) is 0 Å². The zero-order valence-electron chi connectivity index (χ0n) is 9.00. The SMILES string of the molecule is C[C@H]([NH3+])c1ccc(OCC2CC2)c(F)c1. The van der Waals surface area contributed by atoms with E-state index in [-0.39, 0.29) is 11.9 Å². The summed E-state index contributed by atoms with van der Waals surface area (Å²) in [6.45, 7) is 2.59. The molecule has 0 heterocycles. The maximum Gasteiger partial charge on any atom is 0.165 e. The maximum absolute atomic E-state index is 13.5. The first-order valence-corrected chi connectivity index (χ1v) is 5.42. The number of hydrogen-bond acceptors (Lipinski definition) is 1. The van der Waals surface area contributed by atoms with Gasteiger partial charge in [-0.1, -0.05) is 0 Å². The fourth-order valence-electron chi connectivity index (χ4n) is 1.43. The highest BCUT2D eigenvalue weighted by molar-refractivity contribution is 5.30. The molecule has 1 aliphatic carbocycles. The Kier molecular flexibility index (Phi) is 2.91. The highest BCUT2D eigenvalue weighted by atomic mass is 19.1. The van der Waals surface area contributed by atoms with Gasteiger partial charge in [0, 0.05) is 5.56 Å². The van der Waals surface area contributed by atoms with E-state index in [9.17, 15) is 4.39 Å². The zero-order chi connectivity index (χ0) is 10.8. The van der Waals surface area contributed by atoms with Crippen LogP contribution in [0.1, 0.15) is 31.4 Å². The predicted octanol–water partition coefficient (Wildman–Crippen LogP) is 1.92. The van der Waals surface area contributed by atoms with Crippen molar-refractivity contribution < 1.29 is 14.9 Å². The van der Waals surface area contributed by atoms with Gasteiger partial charge in [0.15, 0.2) is 11.6 Å². The van der Waals surface area contributed by atoms with Crippen LogP contribution in [0.15, 0.2) is 18.2 Å². The van der Waals surface area contributed by atoms with Crippen LogP contribution < -0.4 is 10.5 Å². The van der Waals surface area contributed by atoms with Crippen LogP contribution in [0, 0.1) is 11.7 Å². The summed E-state index contributed by atoms with van der Waals surface area (Å²) in [5.41, 5.74) is 4.76. The van der Waals surface area contributed by atoms with Gasteiger partial charge in [-0.25, -0.2) is 4.39 Å². The molecule has 1 fully saturated rings. The van der Waals surface area contributed by atoms with Gasteiger partial charge in [-0.3, -0.25) is 0 Å². The Balaban J connectivity index is 2.04. The molecule has 0 unspecified atom stereocenters. The Morgan fingerprint density at radius 2 is 2.27 bits per heavy atom. The first-order chi connectivity index (χ1) is 7.16. The molecule has 15 heavy (non-hydrogen) atoms. The summed E-state index contributed by atoms with van der Waals surface area (Å²) in [6, 6.07) is 5.20. The minimum Gasteiger partial charge on any atom is -0.490 e. The van der Waals surface area contributed by atoms with Crippen LogP contribution in [0.3, 0.4) is 0 Å². The molecule has 1 aromatic rings. The number of quaternary nitrogens is 1. The maximum atomic E-state index is 13.5. The van der Waals surface area contributed by atoms with Crippen LogP contribution in [-0.2, 0) is 0 Å². The van der Waals surface area contributed by atoms with Gasteiger partial charge >= 0.3 is 0 Å². The van der Waals surface area contributed by atoms with Crippen molar-refractivity contribution in [2.45, 2.75) is 25.8 Å². The average Bonchev–Trinajstić information content (AvgIpc) is 2.99. The molecule has 1 atom stereocenters. The fourth-order valence-corrected chi connectivity index (χ4v) is 1.43. The van der Waals surface area contributed by atoms with E-state index in [4.69, 9.17) is 4.74 Å². The number of rotatable bonds is 4.